The number of hydrogen-bond acceptors (Lipinski definition) is 3. The van der Waals surface area contributed by atoms with Crippen molar-refractivity contribution in [1.29, 1.82) is 0 Å². The molecule has 0 aliphatic rings. The van der Waals surface area contributed by atoms with E-state index in [1.165, 1.54) is 10.9 Å². The summed E-state index contributed by atoms with van der Waals surface area (Å²) < 4.78 is 28.2. The van der Waals surface area contributed by atoms with Gasteiger partial charge in [-0.1, -0.05) is 29.8 Å². The van der Waals surface area contributed by atoms with Crippen LogP contribution in [0.1, 0.15) is 26.7 Å². The first kappa shape index (κ1) is 15.7. The van der Waals surface area contributed by atoms with Gasteiger partial charge in [-0.05, 0) is 18.9 Å². The molecule has 0 saturated carbocycles. The molecule has 0 radical (unpaired) electrons. The Balaban J connectivity index is 3.16. The summed E-state index contributed by atoms with van der Waals surface area (Å²) in [5, 5.41) is 4.81. The van der Waals surface area contributed by atoms with E-state index in [1.54, 1.807) is 17.4 Å². The molecule has 0 N–H and O–H groups in total. The topological polar surface area (TPSA) is 55.2 Å². The molecule has 7 heteroatoms. The highest BCUT2D eigenvalue weighted by Gasteiger charge is 2.31. The summed E-state index contributed by atoms with van der Waals surface area (Å²) in [5.74, 6) is 0. The number of nitrogens with zero attached hydrogens (tertiary/aromatic N) is 3. The normalized spacial score (nSPS) is 12.6. The number of aryl methyl sites for hydroxylation is 1. The minimum Gasteiger partial charge on any atom is -0.256 e. The van der Waals surface area contributed by atoms with Crippen molar-refractivity contribution in [2.75, 3.05) is 11.9 Å². The molecule has 104 valence electrons. The molecule has 0 aliphatic carbocycles. The maximum atomic E-state index is 12.6. The molecule has 5 nitrogen and oxygen atoms in total. The average Bonchev–Trinajstić information content (AvgIpc) is 2.76. The van der Waals surface area contributed by atoms with Crippen LogP contribution in [0.25, 0.3) is 0 Å². The predicted octanol–water partition coefficient (Wildman–Crippen LogP) is 1.99. The molecule has 1 rings (SSSR count). The van der Waals surface area contributed by atoms with Crippen LogP contribution in [0.5, 0.6) is 0 Å². The van der Waals surface area contributed by atoms with Gasteiger partial charge in [0, 0.05) is 25.0 Å². The van der Waals surface area contributed by atoms with Crippen molar-refractivity contribution >= 4 is 26.0 Å². The van der Waals surface area contributed by atoms with Crippen LogP contribution < -0.4 is 0 Å². The van der Waals surface area contributed by atoms with Gasteiger partial charge in [0.1, 0.15) is 0 Å². The summed E-state index contributed by atoms with van der Waals surface area (Å²) in [6.45, 7) is 4.49. The van der Waals surface area contributed by atoms with E-state index in [4.69, 9.17) is 0 Å². The molecule has 0 bridgehead atoms. The lowest BCUT2D eigenvalue weighted by molar-refractivity contribution is 0.315. The van der Waals surface area contributed by atoms with Crippen LogP contribution in [0, 0.1) is 0 Å². The van der Waals surface area contributed by atoms with Crippen LogP contribution in [0.3, 0.4) is 0 Å². The second-order valence-corrected chi connectivity index (χ2v) is 6.70. The second kappa shape index (κ2) is 6.68. The van der Waals surface area contributed by atoms with E-state index in [2.05, 4.69) is 21.0 Å². The van der Waals surface area contributed by atoms with E-state index in [9.17, 15) is 8.42 Å². The van der Waals surface area contributed by atoms with Crippen LogP contribution in [0.2, 0.25) is 0 Å². The highest BCUT2D eigenvalue weighted by Crippen LogP contribution is 2.20. The third-order valence-corrected chi connectivity index (χ3v) is 5.39. The van der Waals surface area contributed by atoms with Crippen molar-refractivity contribution < 1.29 is 8.42 Å². The van der Waals surface area contributed by atoms with Gasteiger partial charge in [-0.2, -0.15) is 9.40 Å². The van der Waals surface area contributed by atoms with E-state index >= 15 is 0 Å². The third kappa shape index (κ3) is 3.13. The molecule has 18 heavy (non-hydrogen) atoms. The fourth-order valence-corrected chi connectivity index (χ4v) is 4.51. The van der Waals surface area contributed by atoms with Crippen molar-refractivity contribution in [3.8, 4) is 0 Å². The summed E-state index contributed by atoms with van der Waals surface area (Å²) in [4.78, 5) is 0. The smallest absolute Gasteiger partial charge is 0.256 e. The maximum absolute atomic E-state index is 12.6. The predicted molar refractivity (Wildman–Crippen MR) is 75.3 cm³/mol. The van der Waals surface area contributed by atoms with Crippen molar-refractivity contribution in [3.63, 3.8) is 0 Å². The van der Waals surface area contributed by atoms with Gasteiger partial charge in [0.05, 0.1) is 6.20 Å². The van der Waals surface area contributed by atoms with Crippen LogP contribution >= 0.6 is 15.9 Å². The summed E-state index contributed by atoms with van der Waals surface area (Å²) in [6.07, 6.45) is 3.12. The number of aromatic nitrogens is 2. The zero-order chi connectivity index (χ0) is 13.8. The van der Waals surface area contributed by atoms with Crippen LogP contribution in [-0.4, -0.2) is 40.4 Å². The summed E-state index contributed by atoms with van der Waals surface area (Å²) >= 11 is 3.32. The van der Waals surface area contributed by atoms with E-state index in [0.29, 0.717) is 11.9 Å². The number of rotatable bonds is 7. The molecule has 0 aromatic carbocycles. The highest BCUT2D eigenvalue weighted by atomic mass is 79.9. The lowest BCUT2D eigenvalue weighted by Crippen LogP contribution is -2.41. The zero-order valence-electron chi connectivity index (χ0n) is 11.0. The van der Waals surface area contributed by atoms with Crippen molar-refractivity contribution in [1.82, 2.24) is 14.1 Å². The second-order valence-electron chi connectivity index (χ2n) is 4.07. The summed E-state index contributed by atoms with van der Waals surface area (Å²) in [7, 11) is -1.83. The van der Waals surface area contributed by atoms with Gasteiger partial charge in [-0.15, -0.1) is 0 Å². The molecule has 0 spiro atoms. The van der Waals surface area contributed by atoms with Crippen molar-refractivity contribution in [2.45, 2.75) is 37.8 Å². The number of sulfonamides is 1. The maximum Gasteiger partial charge on any atom is 0.260 e. The van der Waals surface area contributed by atoms with E-state index in [0.717, 1.165) is 12.8 Å². The minimum atomic E-state index is -3.47. The monoisotopic (exact) mass is 337 g/mol. The lowest BCUT2D eigenvalue weighted by Gasteiger charge is -2.28. The Morgan fingerprint density at radius 3 is 2.44 bits per heavy atom. The van der Waals surface area contributed by atoms with Crippen LogP contribution in [0.15, 0.2) is 17.3 Å². The molecule has 1 aromatic heterocycles. The van der Waals surface area contributed by atoms with E-state index in [-0.39, 0.29) is 11.1 Å². The van der Waals surface area contributed by atoms with E-state index in [1.807, 2.05) is 13.8 Å². The largest absolute Gasteiger partial charge is 0.260 e. The molecule has 0 atom stereocenters. The Morgan fingerprint density at radius 2 is 2.06 bits per heavy atom. The first-order chi connectivity index (χ1) is 8.48. The molecule has 0 aliphatic heterocycles. The van der Waals surface area contributed by atoms with Gasteiger partial charge in [0.2, 0.25) is 0 Å². The molecule has 1 aromatic rings. The average molecular weight is 338 g/mol. The van der Waals surface area contributed by atoms with Crippen LogP contribution in [0.4, 0.5) is 0 Å². The van der Waals surface area contributed by atoms with Crippen molar-refractivity contribution in [3.05, 3.63) is 12.3 Å². The Morgan fingerprint density at radius 1 is 1.44 bits per heavy atom. The zero-order valence-corrected chi connectivity index (χ0v) is 13.4. The number of alkyl halides is 1. The van der Waals surface area contributed by atoms with Gasteiger partial charge in [-0.25, -0.2) is 8.42 Å². The van der Waals surface area contributed by atoms with Crippen molar-refractivity contribution in [2.24, 2.45) is 7.05 Å². The summed E-state index contributed by atoms with van der Waals surface area (Å²) in [5.41, 5.74) is 0. The van der Waals surface area contributed by atoms with Gasteiger partial charge in [0.15, 0.2) is 5.03 Å². The van der Waals surface area contributed by atoms with Gasteiger partial charge >= 0.3 is 0 Å². The van der Waals surface area contributed by atoms with Crippen LogP contribution in [-0.2, 0) is 17.1 Å². The quantitative estimate of drug-likeness (QED) is 0.715. The standard InChI is InChI=1S/C11H20BrN3O2S/c1-4-10(5-2)15(9-7-12)18(16,17)11-6-8-13-14(11)3/h6,8,10H,4-5,7,9H2,1-3H3. The van der Waals surface area contributed by atoms with Gasteiger partial charge in [-0.3, -0.25) is 4.68 Å². The first-order valence-electron chi connectivity index (χ1n) is 6.04. The first-order valence-corrected chi connectivity index (χ1v) is 8.60. The molecule has 0 saturated heterocycles. The fraction of sp³-hybridized carbons (Fsp3) is 0.727. The molecule has 1 heterocycles. The number of halogens is 1. The minimum absolute atomic E-state index is 0.0300. The molecule has 0 unspecified atom stereocenters. The van der Waals surface area contributed by atoms with Gasteiger partial charge in [0.25, 0.3) is 10.0 Å². The molecule has 0 fully saturated rings. The molecular formula is C11H20BrN3O2S. The Kier molecular flexibility index (Phi) is 5.81. The Labute approximate surface area is 117 Å². The number of hydrogen-bond donors (Lipinski definition) is 0. The SMILES string of the molecule is CCC(CC)N(CCBr)S(=O)(=O)c1ccnn1C. The molecule has 0 amide bonds. The Hall–Kier alpha value is -0.400. The fourth-order valence-electron chi connectivity index (χ4n) is 2.01. The van der Waals surface area contributed by atoms with Gasteiger partial charge < -0.3 is 0 Å². The summed E-state index contributed by atoms with van der Waals surface area (Å²) in [6, 6.07) is 1.57. The third-order valence-electron chi connectivity index (χ3n) is 3.00. The lowest BCUT2D eigenvalue weighted by atomic mass is 10.2. The highest BCUT2D eigenvalue weighted by molar-refractivity contribution is 9.09. The van der Waals surface area contributed by atoms with E-state index < -0.39 is 10.0 Å². The Bertz CT molecular complexity index is 468. The molecular weight excluding hydrogens is 318 g/mol.